The molecule has 108 valence electrons. The summed E-state index contributed by atoms with van der Waals surface area (Å²) in [4.78, 5) is 24.7. The van der Waals surface area contributed by atoms with Crippen molar-refractivity contribution < 1.29 is 19.2 Å². The molecule has 1 aliphatic rings. The van der Waals surface area contributed by atoms with Gasteiger partial charge in [0.15, 0.2) is 6.54 Å². The van der Waals surface area contributed by atoms with Gasteiger partial charge >= 0.3 is 5.97 Å². The van der Waals surface area contributed by atoms with Crippen molar-refractivity contribution in [3.05, 3.63) is 29.8 Å². The van der Waals surface area contributed by atoms with Gasteiger partial charge in [-0.05, 0) is 31.2 Å². The lowest BCUT2D eigenvalue weighted by Crippen LogP contribution is -3.11. The summed E-state index contributed by atoms with van der Waals surface area (Å²) in [5, 5.41) is 2.86. The Kier molecular flexibility index (Phi) is 5.12. The summed E-state index contributed by atoms with van der Waals surface area (Å²) < 4.78 is 4.91. The number of hydrogen-bond acceptors (Lipinski definition) is 3. The van der Waals surface area contributed by atoms with E-state index >= 15 is 0 Å². The molecule has 0 radical (unpaired) electrons. The van der Waals surface area contributed by atoms with Crippen LogP contribution in [0, 0.1) is 0 Å². The summed E-state index contributed by atoms with van der Waals surface area (Å²) >= 11 is 0. The van der Waals surface area contributed by atoms with Crippen molar-refractivity contribution in [3.8, 4) is 0 Å². The second-order valence-corrected chi connectivity index (χ2v) is 4.98. The number of amides is 1. The summed E-state index contributed by atoms with van der Waals surface area (Å²) in [5.74, 6) is -0.322. The molecule has 2 rings (SSSR count). The minimum Gasteiger partial charge on any atom is -0.462 e. The quantitative estimate of drug-likeness (QED) is 0.770. The minimum atomic E-state index is -0.341. The highest BCUT2D eigenvalue weighted by Crippen LogP contribution is 2.10. The average Bonchev–Trinajstić information content (AvgIpc) is 2.92. The predicted octanol–water partition coefficient (Wildman–Crippen LogP) is 0.480. The lowest BCUT2D eigenvalue weighted by atomic mass is 10.2. The van der Waals surface area contributed by atoms with Crippen LogP contribution in [0.25, 0.3) is 0 Å². The number of nitrogens with one attached hydrogen (secondary N) is 2. The van der Waals surface area contributed by atoms with Crippen molar-refractivity contribution in [2.24, 2.45) is 0 Å². The first-order valence-corrected chi connectivity index (χ1v) is 7.09. The number of quaternary nitrogens is 1. The Labute approximate surface area is 118 Å². The average molecular weight is 277 g/mol. The molecule has 1 saturated heterocycles. The Morgan fingerprint density at radius 2 is 1.85 bits per heavy atom. The van der Waals surface area contributed by atoms with Gasteiger partial charge in [0, 0.05) is 18.5 Å². The Morgan fingerprint density at radius 1 is 1.20 bits per heavy atom. The van der Waals surface area contributed by atoms with Gasteiger partial charge < -0.3 is 15.0 Å². The standard InChI is InChI=1S/C15H20N2O3/c1-2-20-15(19)12-5-7-13(8-6-12)16-14(18)11-17-9-3-4-10-17/h5-8H,2-4,9-11H2,1H3,(H,16,18)/p+1. The molecule has 0 atom stereocenters. The Bertz CT molecular complexity index is 465. The number of likely N-dealkylation sites (tertiary alicyclic amines) is 1. The fourth-order valence-electron chi connectivity index (χ4n) is 2.39. The Morgan fingerprint density at radius 3 is 2.45 bits per heavy atom. The van der Waals surface area contributed by atoms with E-state index in [2.05, 4.69) is 5.32 Å². The van der Waals surface area contributed by atoms with E-state index in [1.165, 1.54) is 17.7 Å². The molecule has 1 aromatic carbocycles. The third-order valence-corrected chi connectivity index (χ3v) is 3.40. The van der Waals surface area contributed by atoms with E-state index in [0.717, 1.165) is 13.1 Å². The first kappa shape index (κ1) is 14.5. The monoisotopic (exact) mass is 277 g/mol. The van der Waals surface area contributed by atoms with Gasteiger partial charge in [0.2, 0.25) is 0 Å². The van der Waals surface area contributed by atoms with Gasteiger partial charge in [-0.3, -0.25) is 4.79 Å². The van der Waals surface area contributed by atoms with Gasteiger partial charge in [-0.1, -0.05) is 0 Å². The molecule has 5 nitrogen and oxygen atoms in total. The summed E-state index contributed by atoms with van der Waals surface area (Å²) in [6.07, 6.45) is 2.41. The van der Waals surface area contributed by atoms with Crippen LogP contribution < -0.4 is 10.2 Å². The second kappa shape index (κ2) is 7.05. The smallest absolute Gasteiger partial charge is 0.338 e. The summed E-state index contributed by atoms with van der Waals surface area (Å²) in [7, 11) is 0. The number of rotatable bonds is 5. The first-order chi connectivity index (χ1) is 9.69. The van der Waals surface area contributed by atoms with Gasteiger partial charge in [-0.25, -0.2) is 4.79 Å². The zero-order chi connectivity index (χ0) is 14.4. The van der Waals surface area contributed by atoms with Crippen LogP contribution >= 0.6 is 0 Å². The molecule has 1 aliphatic heterocycles. The fourth-order valence-corrected chi connectivity index (χ4v) is 2.39. The molecule has 0 aromatic heterocycles. The maximum absolute atomic E-state index is 11.9. The highest BCUT2D eigenvalue weighted by atomic mass is 16.5. The van der Waals surface area contributed by atoms with E-state index in [-0.39, 0.29) is 11.9 Å². The van der Waals surface area contributed by atoms with E-state index in [9.17, 15) is 9.59 Å². The number of carbonyl (C=O) groups is 2. The molecule has 1 heterocycles. The van der Waals surface area contributed by atoms with Crippen LogP contribution in [0.5, 0.6) is 0 Å². The van der Waals surface area contributed by atoms with Crippen LogP contribution in [-0.2, 0) is 9.53 Å². The third-order valence-electron chi connectivity index (χ3n) is 3.40. The van der Waals surface area contributed by atoms with Gasteiger partial charge in [0.05, 0.1) is 25.3 Å². The van der Waals surface area contributed by atoms with Crippen molar-refractivity contribution in [1.29, 1.82) is 0 Å². The third kappa shape index (κ3) is 4.06. The van der Waals surface area contributed by atoms with Crippen LogP contribution in [0.1, 0.15) is 30.1 Å². The lowest BCUT2D eigenvalue weighted by Gasteiger charge is -2.12. The zero-order valence-electron chi connectivity index (χ0n) is 11.8. The van der Waals surface area contributed by atoms with E-state index in [4.69, 9.17) is 4.74 Å². The van der Waals surface area contributed by atoms with Gasteiger partial charge in [0.1, 0.15) is 0 Å². The number of benzene rings is 1. The number of hydrogen-bond donors (Lipinski definition) is 2. The number of carbonyl (C=O) groups excluding carboxylic acids is 2. The predicted molar refractivity (Wildman–Crippen MR) is 75.8 cm³/mol. The highest BCUT2D eigenvalue weighted by Gasteiger charge is 2.18. The molecule has 0 saturated carbocycles. The summed E-state index contributed by atoms with van der Waals surface area (Å²) in [6.45, 7) is 4.80. The van der Waals surface area contributed by atoms with E-state index in [1.54, 1.807) is 31.2 Å². The number of anilines is 1. The first-order valence-electron chi connectivity index (χ1n) is 7.09. The highest BCUT2D eigenvalue weighted by molar-refractivity contribution is 5.93. The molecule has 20 heavy (non-hydrogen) atoms. The van der Waals surface area contributed by atoms with Crippen molar-refractivity contribution in [2.45, 2.75) is 19.8 Å². The summed E-state index contributed by atoms with van der Waals surface area (Å²) in [6, 6.07) is 6.78. The van der Waals surface area contributed by atoms with E-state index in [1.807, 2.05) is 0 Å². The lowest BCUT2D eigenvalue weighted by molar-refractivity contribution is -0.878. The number of ether oxygens (including phenoxy) is 1. The maximum atomic E-state index is 11.9. The van der Waals surface area contributed by atoms with Crippen LogP contribution in [0.2, 0.25) is 0 Å². The molecule has 1 aromatic rings. The molecular weight excluding hydrogens is 256 g/mol. The molecule has 5 heteroatoms. The fraction of sp³-hybridized carbons (Fsp3) is 0.467. The molecule has 0 aliphatic carbocycles. The molecule has 0 unspecified atom stereocenters. The largest absolute Gasteiger partial charge is 0.462 e. The zero-order valence-corrected chi connectivity index (χ0v) is 11.8. The normalized spacial score (nSPS) is 15.1. The van der Waals surface area contributed by atoms with Gasteiger partial charge in [0.25, 0.3) is 5.91 Å². The topological polar surface area (TPSA) is 59.8 Å². The molecule has 1 amide bonds. The van der Waals surface area contributed by atoms with Crippen LogP contribution in [0.4, 0.5) is 5.69 Å². The van der Waals surface area contributed by atoms with E-state index in [0.29, 0.717) is 24.4 Å². The number of esters is 1. The summed E-state index contributed by atoms with van der Waals surface area (Å²) in [5.41, 5.74) is 1.21. The Balaban J connectivity index is 1.86. The molecule has 1 fully saturated rings. The van der Waals surface area contributed by atoms with E-state index < -0.39 is 0 Å². The molecule has 0 spiro atoms. The second-order valence-electron chi connectivity index (χ2n) is 4.98. The van der Waals surface area contributed by atoms with Gasteiger partial charge in [-0.15, -0.1) is 0 Å². The van der Waals surface area contributed by atoms with Crippen molar-refractivity contribution in [3.63, 3.8) is 0 Å². The maximum Gasteiger partial charge on any atom is 0.338 e. The van der Waals surface area contributed by atoms with Crippen molar-refractivity contribution >= 4 is 17.6 Å². The molecule has 0 bridgehead atoms. The van der Waals surface area contributed by atoms with Crippen LogP contribution in [0.3, 0.4) is 0 Å². The van der Waals surface area contributed by atoms with Crippen LogP contribution in [-0.4, -0.2) is 38.1 Å². The Hall–Kier alpha value is -1.88. The molecule has 2 N–H and O–H groups in total. The minimum absolute atomic E-state index is 0.0192. The van der Waals surface area contributed by atoms with Crippen molar-refractivity contribution in [1.82, 2.24) is 0 Å². The molecular formula is C15H21N2O3+. The van der Waals surface area contributed by atoms with Gasteiger partial charge in [-0.2, -0.15) is 0 Å². The SMILES string of the molecule is CCOC(=O)c1ccc(NC(=O)C[NH+]2CCCC2)cc1. The van der Waals surface area contributed by atoms with Crippen LogP contribution in [0.15, 0.2) is 24.3 Å². The van der Waals surface area contributed by atoms with Crippen molar-refractivity contribution in [2.75, 3.05) is 31.6 Å².